The van der Waals surface area contributed by atoms with E-state index in [4.69, 9.17) is 9.84 Å². The topological polar surface area (TPSA) is 75.6 Å². The molecule has 2 aromatic carbocycles. The molecule has 0 spiro atoms. The predicted molar refractivity (Wildman–Crippen MR) is 105 cm³/mol. The molecule has 27 heavy (non-hydrogen) atoms. The maximum Gasteiger partial charge on any atom is 0.303 e. The van der Waals surface area contributed by atoms with Crippen molar-refractivity contribution in [3.05, 3.63) is 42.0 Å². The fourth-order valence-corrected chi connectivity index (χ4v) is 3.61. The zero-order valence-corrected chi connectivity index (χ0v) is 15.6. The molecule has 0 heterocycles. The van der Waals surface area contributed by atoms with Gasteiger partial charge in [0.1, 0.15) is 5.75 Å². The Hall–Kier alpha value is -2.56. The first-order chi connectivity index (χ1) is 13.1. The summed E-state index contributed by atoms with van der Waals surface area (Å²) in [4.78, 5) is 22.9. The molecule has 2 N–H and O–H groups in total. The van der Waals surface area contributed by atoms with E-state index in [-0.39, 0.29) is 25.0 Å². The Morgan fingerprint density at radius 1 is 1.00 bits per heavy atom. The molecule has 3 rings (SSSR count). The molecule has 0 aromatic heterocycles. The molecule has 1 saturated carbocycles. The first-order valence-corrected chi connectivity index (χ1v) is 9.77. The van der Waals surface area contributed by atoms with Crippen molar-refractivity contribution in [2.24, 2.45) is 0 Å². The summed E-state index contributed by atoms with van der Waals surface area (Å²) in [6.45, 7) is 0.0146. The molecular formula is C22H27NO4. The van der Waals surface area contributed by atoms with Crippen molar-refractivity contribution in [1.82, 2.24) is 5.32 Å². The molecule has 1 amide bonds. The number of aliphatic carboxylic acids is 1. The van der Waals surface area contributed by atoms with Gasteiger partial charge in [0, 0.05) is 12.5 Å². The van der Waals surface area contributed by atoms with Crippen LogP contribution in [-0.4, -0.2) is 29.6 Å². The Morgan fingerprint density at radius 2 is 1.74 bits per heavy atom. The van der Waals surface area contributed by atoms with Gasteiger partial charge in [-0.25, -0.2) is 0 Å². The fraction of sp³-hybridized carbons (Fsp3) is 0.455. The molecule has 5 heteroatoms. The highest BCUT2D eigenvalue weighted by molar-refractivity contribution is 5.85. The van der Waals surface area contributed by atoms with Crippen LogP contribution in [0.2, 0.25) is 0 Å². The van der Waals surface area contributed by atoms with Crippen LogP contribution in [0.4, 0.5) is 0 Å². The Kier molecular flexibility index (Phi) is 6.69. The van der Waals surface area contributed by atoms with Crippen molar-refractivity contribution in [2.75, 3.05) is 6.61 Å². The second-order valence-corrected chi connectivity index (χ2v) is 7.28. The van der Waals surface area contributed by atoms with Crippen LogP contribution >= 0.6 is 0 Å². The average molecular weight is 369 g/mol. The second-order valence-electron chi connectivity index (χ2n) is 7.28. The van der Waals surface area contributed by atoms with Gasteiger partial charge in [-0.15, -0.1) is 0 Å². The zero-order valence-electron chi connectivity index (χ0n) is 15.6. The van der Waals surface area contributed by atoms with Crippen LogP contribution in [-0.2, 0) is 16.0 Å². The molecule has 0 radical (unpaired) electrons. The molecule has 2 aromatic rings. The summed E-state index contributed by atoms with van der Waals surface area (Å²) >= 11 is 0. The van der Waals surface area contributed by atoms with Gasteiger partial charge in [-0.05, 0) is 47.7 Å². The highest BCUT2D eigenvalue weighted by Crippen LogP contribution is 2.23. The Labute approximate surface area is 159 Å². The highest BCUT2D eigenvalue weighted by atomic mass is 16.5. The number of hydrogen-bond donors (Lipinski definition) is 2. The number of ether oxygens (including phenoxy) is 1. The quantitative estimate of drug-likeness (QED) is 0.721. The van der Waals surface area contributed by atoms with E-state index < -0.39 is 5.97 Å². The molecule has 144 valence electrons. The van der Waals surface area contributed by atoms with E-state index in [1.807, 2.05) is 36.4 Å². The molecule has 1 aliphatic carbocycles. The molecule has 0 aliphatic heterocycles. The van der Waals surface area contributed by atoms with Crippen LogP contribution in [0.15, 0.2) is 36.4 Å². The summed E-state index contributed by atoms with van der Waals surface area (Å²) in [6, 6.07) is 11.9. The largest absolute Gasteiger partial charge is 0.484 e. The monoisotopic (exact) mass is 369 g/mol. The highest BCUT2D eigenvalue weighted by Gasteiger charge is 2.15. The Morgan fingerprint density at radius 3 is 2.48 bits per heavy atom. The van der Waals surface area contributed by atoms with E-state index in [1.165, 1.54) is 25.7 Å². The van der Waals surface area contributed by atoms with Gasteiger partial charge >= 0.3 is 5.97 Å². The van der Waals surface area contributed by atoms with Gasteiger partial charge in [0.15, 0.2) is 6.61 Å². The fourth-order valence-electron chi connectivity index (χ4n) is 3.61. The van der Waals surface area contributed by atoms with E-state index in [0.717, 1.165) is 29.2 Å². The van der Waals surface area contributed by atoms with E-state index >= 15 is 0 Å². The van der Waals surface area contributed by atoms with Gasteiger partial charge in [-0.2, -0.15) is 0 Å². The molecule has 0 atom stereocenters. The number of benzene rings is 2. The van der Waals surface area contributed by atoms with E-state index in [2.05, 4.69) is 5.32 Å². The Balaban J connectivity index is 1.57. The first kappa shape index (κ1) is 19.2. The molecular weight excluding hydrogens is 342 g/mol. The molecule has 0 saturated heterocycles. The average Bonchev–Trinajstić information content (AvgIpc) is 2.93. The molecule has 0 bridgehead atoms. The van der Waals surface area contributed by atoms with Crippen LogP contribution in [0.25, 0.3) is 10.8 Å². The van der Waals surface area contributed by atoms with Crippen molar-refractivity contribution in [2.45, 2.75) is 57.4 Å². The van der Waals surface area contributed by atoms with E-state index in [9.17, 15) is 9.59 Å². The van der Waals surface area contributed by atoms with Crippen LogP contribution in [0.5, 0.6) is 5.75 Å². The lowest BCUT2D eigenvalue weighted by Gasteiger charge is -2.16. The van der Waals surface area contributed by atoms with Crippen molar-refractivity contribution in [3.63, 3.8) is 0 Å². The van der Waals surface area contributed by atoms with Crippen LogP contribution in [0.3, 0.4) is 0 Å². The summed E-state index contributed by atoms with van der Waals surface area (Å²) in [5, 5.41) is 14.0. The normalized spacial score (nSPS) is 15.3. The third-order valence-electron chi connectivity index (χ3n) is 5.09. The minimum absolute atomic E-state index is 0.0146. The summed E-state index contributed by atoms with van der Waals surface area (Å²) < 4.78 is 5.68. The van der Waals surface area contributed by atoms with Crippen LogP contribution in [0, 0.1) is 0 Å². The standard InChI is InChI=1S/C22H27NO4/c24-21(23-19-5-3-1-2-4-6-19)15-27-20-11-10-17-9-7-16(8-12-22(25)26)13-18(17)14-20/h7,9-11,13-14,19H,1-6,8,12,15H2,(H,23,24)(H,25,26). The summed E-state index contributed by atoms with van der Waals surface area (Å²) in [5.74, 6) is -0.224. The lowest BCUT2D eigenvalue weighted by atomic mass is 10.0. The van der Waals surface area contributed by atoms with E-state index in [0.29, 0.717) is 12.2 Å². The Bertz CT molecular complexity index is 794. The summed E-state index contributed by atoms with van der Waals surface area (Å²) in [7, 11) is 0. The van der Waals surface area contributed by atoms with E-state index in [1.54, 1.807) is 0 Å². The number of carbonyl (C=O) groups excluding carboxylic acids is 1. The number of fused-ring (bicyclic) bond motifs is 1. The van der Waals surface area contributed by atoms with Crippen molar-refractivity contribution >= 4 is 22.6 Å². The maximum absolute atomic E-state index is 12.2. The van der Waals surface area contributed by atoms with Crippen LogP contribution in [0.1, 0.15) is 50.5 Å². The zero-order chi connectivity index (χ0) is 19.1. The van der Waals surface area contributed by atoms with Gasteiger partial charge < -0.3 is 15.2 Å². The van der Waals surface area contributed by atoms with Gasteiger partial charge in [-0.3, -0.25) is 9.59 Å². The molecule has 1 fully saturated rings. The van der Waals surface area contributed by atoms with Gasteiger partial charge in [0.05, 0.1) is 0 Å². The SMILES string of the molecule is O=C(O)CCc1ccc2ccc(OCC(=O)NC3CCCCCC3)cc2c1. The van der Waals surface area contributed by atoms with Crippen LogP contribution < -0.4 is 10.1 Å². The number of carbonyl (C=O) groups is 2. The number of nitrogens with one attached hydrogen (secondary N) is 1. The molecule has 1 aliphatic rings. The molecule has 0 unspecified atom stereocenters. The molecule has 5 nitrogen and oxygen atoms in total. The number of rotatable bonds is 7. The number of carboxylic acid groups (broad SMARTS) is 1. The second kappa shape index (κ2) is 9.40. The van der Waals surface area contributed by atoms with Gasteiger partial charge in [-0.1, -0.05) is 49.9 Å². The summed E-state index contributed by atoms with van der Waals surface area (Å²) in [5.41, 5.74) is 0.980. The minimum atomic E-state index is -0.799. The number of aryl methyl sites for hydroxylation is 1. The first-order valence-electron chi connectivity index (χ1n) is 9.77. The number of amides is 1. The van der Waals surface area contributed by atoms with Crippen molar-refractivity contribution in [1.29, 1.82) is 0 Å². The number of carboxylic acids is 1. The lowest BCUT2D eigenvalue weighted by molar-refractivity contribution is -0.137. The lowest BCUT2D eigenvalue weighted by Crippen LogP contribution is -2.37. The maximum atomic E-state index is 12.2. The predicted octanol–water partition coefficient (Wildman–Crippen LogP) is 4.07. The van der Waals surface area contributed by atoms with Gasteiger partial charge in [0.2, 0.25) is 0 Å². The summed E-state index contributed by atoms with van der Waals surface area (Å²) in [6.07, 6.45) is 7.61. The van der Waals surface area contributed by atoms with Crippen molar-refractivity contribution in [3.8, 4) is 5.75 Å². The smallest absolute Gasteiger partial charge is 0.303 e. The van der Waals surface area contributed by atoms with Gasteiger partial charge in [0.25, 0.3) is 5.91 Å². The third-order valence-corrected chi connectivity index (χ3v) is 5.09. The number of hydrogen-bond acceptors (Lipinski definition) is 3. The third kappa shape index (κ3) is 5.98. The minimum Gasteiger partial charge on any atom is -0.484 e. The van der Waals surface area contributed by atoms with Crippen molar-refractivity contribution < 1.29 is 19.4 Å².